The van der Waals surface area contributed by atoms with E-state index in [2.05, 4.69) is 10.2 Å². The third-order valence-corrected chi connectivity index (χ3v) is 5.07. The van der Waals surface area contributed by atoms with Gasteiger partial charge in [-0.25, -0.2) is 4.42 Å². The van der Waals surface area contributed by atoms with Crippen molar-refractivity contribution in [3.63, 3.8) is 0 Å². The van der Waals surface area contributed by atoms with Gasteiger partial charge in [0.25, 0.3) is 5.91 Å². The second-order valence-electron chi connectivity index (χ2n) is 6.96. The van der Waals surface area contributed by atoms with Gasteiger partial charge in [0.15, 0.2) is 11.5 Å². The Hall–Kier alpha value is -3.04. The predicted octanol–water partition coefficient (Wildman–Crippen LogP) is 6.16. The predicted molar refractivity (Wildman–Crippen MR) is 135 cm³/mol. The molecule has 0 saturated carbocycles. The smallest absolute Gasteiger partial charge is 0.276 e. The number of carbonyl (C=O) groups is 2. The zero-order valence-corrected chi connectivity index (χ0v) is 21.9. The number of rotatable bonds is 13. The fourth-order valence-corrected chi connectivity index (χ4v) is 3.49. The van der Waals surface area contributed by atoms with Crippen LogP contribution in [-0.4, -0.2) is 44.2 Å². The number of hydrogen-bond acceptors (Lipinski definition) is 8. The first-order valence-electron chi connectivity index (χ1n) is 11.2. The van der Waals surface area contributed by atoms with Crippen LogP contribution < -0.4 is 23.4 Å². The maximum absolute atomic E-state index is 13.2. The molecule has 2 aromatic carbocycles. The number of benzene rings is 2. The molecule has 9 nitrogen and oxygen atoms in total. The molecule has 0 aromatic heterocycles. The summed E-state index contributed by atoms with van der Waals surface area (Å²) in [6.07, 6.45) is 0. The Morgan fingerprint density at radius 2 is 1.54 bits per heavy atom. The van der Waals surface area contributed by atoms with Crippen LogP contribution >= 0.6 is 23.4 Å². The summed E-state index contributed by atoms with van der Waals surface area (Å²) < 4.78 is 22.9. The molecule has 11 heteroatoms. The second kappa shape index (κ2) is 13.7. The van der Waals surface area contributed by atoms with Gasteiger partial charge in [0, 0.05) is 30.0 Å². The van der Waals surface area contributed by atoms with E-state index in [1.807, 2.05) is 13.8 Å². The van der Waals surface area contributed by atoms with E-state index in [0.29, 0.717) is 43.7 Å². The summed E-state index contributed by atoms with van der Waals surface area (Å²) in [5.41, 5.74) is 0.443. The van der Waals surface area contributed by atoms with Crippen molar-refractivity contribution in [3.05, 3.63) is 35.4 Å². The van der Waals surface area contributed by atoms with E-state index in [-0.39, 0.29) is 22.1 Å². The van der Waals surface area contributed by atoms with E-state index >= 15 is 0 Å². The summed E-state index contributed by atoms with van der Waals surface area (Å²) in [5.74, 6) is 0.195. The van der Waals surface area contributed by atoms with E-state index in [9.17, 15) is 9.59 Å². The number of anilines is 1. The van der Waals surface area contributed by atoms with E-state index in [4.69, 9.17) is 42.3 Å². The van der Waals surface area contributed by atoms with Gasteiger partial charge in [-0.1, -0.05) is 11.6 Å². The zero-order chi connectivity index (χ0) is 26.0. The van der Waals surface area contributed by atoms with Gasteiger partial charge < -0.3 is 18.9 Å². The maximum Gasteiger partial charge on any atom is 0.276 e. The van der Waals surface area contributed by atoms with Crippen LogP contribution in [0.5, 0.6) is 23.0 Å². The van der Waals surface area contributed by atoms with E-state index in [0.717, 1.165) is 4.42 Å². The van der Waals surface area contributed by atoms with Gasteiger partial charge in [-0.05, 0) is 46.8 Å². The van der Waals surface area contributed by atoms with Crippen LogP contribution in [0.2, 0.25) is 5.02 Å². The van der Waals surface area contributed by atoms with Crippen molar-refractivity contribution in [1.82, 2.24) is 0 Å². The maximum atomic E-state index is 13.2. The average Bonchev–Trinajstić information content (AvgIpc) is 2.81. The van der Waals surface area contributed by atoms with Gasteiger partial charge in [-0.15, -0.1) is 0 Å². The lowest BCUT2D eigenvalue weighted by molar-refractivity contribution is -0.126. The van der Waals surface area contributed by atoms with Gasteiger partial charge in [0.1, 0.15) is 28.6 Å². The monoisotopic (exact) mass is 525 g/mol. The summed E-state index contributed by atoms with van der Waals surface area (Å²) >= 11 is 12.7. The van der Waals surface area contributed by atoms with Crippen molar-refractivity contribution in [1.29, 1.82) is 0 Å². The van der Waals surface area contributed by atoms with Crippen molar-refractivity contribution in [2.24, 2.45) is 10.2 Å². The Morgan fingerprint density at radius 3 is 2.14 bits per heavy atom. The summed E-state index contributed by atoms with van der Waals surface area (Å²) in [5, 5.41) is 8.35. The van der Waals surface area contributed by atoms with Crippen LogP contribution in [0.1, 0.15) is 34.6 Å². The number of ketones is 1. The van der Waals surface area contributed by atoms with Gasteiger partial charge >= 0.3 is 0 Å². The number of hydrogen-bond donors (Lipinski definition) is 0. The van der Waals surface area contributed by atoms with E-state index in [1.54, 1.807) is 44.2 Å². The average molecular weight is 526 g/mol. The standard InChI is InChI=1S/C24H29Cl2N3O6/c1-6-32-16-10-11-20(21(14-16)34-8-3)29(26)24(31)22(15(5)30)28-27-19-13-17(33-7-2)12-18(25)23(19)35-9-4/h10-14,22H,6-9H2,1-5H3. The molecule has 2 rings (SSSR count). The van der Waals surface area contributed by atoms with E-state index in [1.165, 1.54) is 6.92 Å². The molecular formula is C24H29Cl2N3O6. The minimum atomic E-state index is -1.52. The minimum Gasteiger partial charge on any atom is -0.494 e. The van der Waals surface area contributed by atoms with Gasteiger partial charge in [-0.3, -0.25) is 9.59 Å². The normalized spacial score (nSPS) is 11.7. The molecule has 0 fully saturated rings. The van der Waals surface area contributed by atoms with Crippen LogP contribution in [0, 0.1) is 0 Å². The third kappa shape index (κ3) is 7.47. The summed E-state index contributed by atoms with van der Waals surface area (Å²) in [6, 6.07) is 6.45. The number of azo groups is 1. The number of carbonyl (C=O) groups excluding carboxylic acids is 2. The first-order chi connectivity index (χ1) is 16.8. The molecule has 190 valence electrons. The molecule has 0 N–H and O–H groups in total. The van der Waals surface area contributed by atoms with Gasteiger partial charge in [0.2, 0.25) is 6.04 Å². The van der Waals surface area contributed by atoms with Gasteiger partial charge in [0.05, 0.1) is 31.5 Å². The highest BCUT2D eigenvalue weighted by molar-refractivity contribution is 6.39. The number of Topliss-reactive ketones (excluding diaryl/α,β-unsaturated/α-hetero) is 1. The number of nitrogens with zero attached hydrogens (tertiary/aromatic N) is 3. The Morgan fingerprint density at radius 1 is 0.914 bits per heavy atom. The molecule has 1 unspecified atom stereocenters. The first kappa shape index (κ1) is 28.2. The lowest BCUT2D eigenvalue weighted by Gasteiger charge is -2.20. The molecular weight excluding hydrogens is 497 g/mol. The Balaban J connectivity index is 2.42. The fourth-order valence-electron chi connectivity index (χ4n) is 3.00. The highest BCUT2D eigenvalue weighted by Crippen LogP contribution is 2.40. The Kier molecular flexibility index (Phi) is 11.1. The molecule has 1 amide bonds. The van der Waals surface area contributed by atoms with Crippen LogP contribution in [0.3, 0.4) is 0 Å². The highest BCUT2D eigenvalue weighted by atomic mass is 35.5. The molecule has 2 aromatic rings. The highest BCUT2D eigenvalue weighted by Gasteiger charge is 2.30. The molecule has 0 aliphatic carbocycles. The van der Waals surface area contributed by atoms with Crippen LogP contribution in [0.4, 0.5) is 11.4 Å². The quantitative estimate of drug-likeness (QED) is 0.176. The van der Waals surface area contributed by atoms with Crippen LogP contribution in [0.25, 0.3) is 0 Å². The largest absolute Gasteiger partial charge is 0.494 e. The summed E-state index contributed by atoms with van der Waals surface area (Å²) in [4.78, 5) is 25.5. The molecule has 35 heavy (non-hydrogen) atoms. The van der Waals surface area contributed by atoms with E-state index < -0.39 is 17.7 Å². The van der Waals surface area contributed by atoms with Crippen molar-refractivity contribution in [2.75, 3.05) is 30.8 Å². The molecule has 0 saturated heterocycles. The van der Waals surface area contributed by atoms with Crippen molar-refractivity contribution >= 4 is 46.4 Å². The zero-order valence-electron chi connectivity index (χ0n) is 20.3. The van der Waals surface area contributed by atoms with Crippen LogP contribution in [0.15, 0.2) is 40.6 Å². The van der Waals surface area contributed by atoms with Gasteiger partial charge in [-0.2, -0.15) is 10.2 Å². The number of ether oxygens (including phenoxy) is 4. The summed E-state index contributed by atoms with van der Waals surface area (Å²) in [6.45, 7) is 9.98. The third-order valence-electron chi connectivity index (χ3n) is 4.44. The van der Waals surface area contributed by atoms with Crippen molar-refractivity contribution < 1.29 is 28.5 Å². The lowest BCUT2D eigenvalue weighted by Crippen LogP contribution is -2.36. The summed E-state index contributed by atoms with van der Waals surface area (Å²) in [7, 11) is 0. The Bertz CT molecular complexity index is 1060. The lowest BCUT2D eigenvalue weighted by atomic mass is 10.2. The molecule has 0 aliphatic rings. The molecule has 0 aliphatic heterocycles. The molecule has 0 spiro atoms. The number of halogens is 2. The SMILES string of the molecule is CCOc1cc(Cl)c(OCC)c(N=NC(C(C)=O)C(=O)N(Cl)c2ccc(OCC)cc2OCC)c1. The molecule has 1 atom stereocenters. The topological polar surface area (TPSA) is 99.0 Å². The molecule has 0 bridgehead atoms. The molecule has 0 radical (unpaired) electrons. The second-order valence-corrected chi connectivity index (χ2v) is 7.71. The first-order valence-corrected chi connectivity index (χ1v) is 11.9. The van der Waals surface area contributed by atoms with Crippen LogP contribution in [-0.2, 0) is 9.59 Å². The minimum absolute atomic E-state index is 0.207. The van der Waals surface area contributed by atoms with Crippen molar-refractivity contribution in [3.8, 4) is 23.0 Å². The number of amides is 1. The fraction of sp³-hybridized carbons (Fsp3) is 0.417. The molecule has 0 heterocycles. The van der Waals surface area contributed by atoms with Crippen molar-refractivity contribution in [2.45, 2.75) is 40.7 Å². The Labute approximate surface area is 215 Å².